The summed E-state index contributed by atoms with van der Waals surface area (Å²) in [6.07, 6.45) is 1.82. The van der Waals surface area contributed by atoms with Crippen molar-refractivity contribution in [1.82, 2.24) is 4.57 Å². The summed E-state index contributed by atoms with van der Waals surface area (Å²) in [7, 11) is 0. The average Bonchev–Trinajstić information content (AvgIpc) is 2.31. The van der Waals surface area contributed by atoms with Crippen LogP contribution in [0.3, 0.4) is 0 Å². The van der Waals surface area contributed by atoms with Crippen LogP contribution in [0.25, 0.3) is 5.69 Å². The Hall–Kier alpha value is -2.23. The molecule has 0 bridgehead atoms. The zero-order chi connectivity index (χ0) is 12.4. The lowest BCUT2D eigenvalue weighted by Gasteiger charge is -2.11. The number of aldehydes is 1. The molecule has 0 amide bonds. The van der Waals surface area contributed by atoms with Crippen LogP contribution in [0.4, 0.5) is 4.39 Å². The van der Waals surface area contributed by atoms with Crippen LogP contribution in [0, 0.1) is 12.7 Å². The maximum absolute atomic E-state index is 13.6. The number of hydrogen-bond donors (Lipinski definition) is 0. The van der Waals surface area contributed by atoms with Gasteiger partial charge in [-0.05, 0) is 19.1 Å². The first kappa shape index (κ1) is 11.3. The molecule has 0 saturated heterocycles. The zero-order valence-electron chi connectivity index (χ0n) is 9.18. The predicted octanol–water partition coefficient (Wildman–Crippen LogP) is 2.10. The number of rotatable bonds is 2. The smallest absolute Gasteiger partial charge is 0.192 e. The molecule has 0 fully saturated rings. The van der Waals surface area contributed by atoms with Crippen molar-refractivity contribution >= 4 is 6.29 Å². The van der Waals surface area contributed by atoms with E-state index >= 15 is 0 Å². The van der Waals surface area contributed by atoms with Gasteiger partial charge < -0.3 is 4.57 Å². The van der Waals surface area contributed by atoms with E-state index in [1.165, 1.54) is 22.9 Å². The van der Waals surface area contributed by atoms with Crippen molar-refractivity contribution < 1.29 is 9.18 Å². The summed E-state index contributed by atoms with van der Waals surface area (Å²) >= 11 is 0. The molecule has 1 aromatic heterocycles. The second kappa shape index (κ2) is 4.33. The molecule has 0 N–H and O–H groups in total. The molecule has 4 heteroatoms. The highest BCUT2D eigenvalue weighted by atomic mass is 19.1. The minimum Gasteiger partial charge on any atom is -0.318 e. The van der Waals surface area contributed by atoms with Gasteiger partial charge in [0.1, 0.15) is 5.82 Å². The number of carbonyl (C=O) groups excluding carboxylic acids is 1. The first-order chi connectivity index (χ1) is 8.13. The second-order valence-electron chi connectivity index (χ2n) is 3.67. The molecule has 2 aromatic rings. The van der Waals surface area contributed by atoms with Crippen LogP contribution in [0.15, 0.2) is 41.3 Å². The molecule has 0 radical (unpaired) electrons. The van der Waals surface area contributed by atoms with E-state index in [1.54, 1.807) is 25.1 Å². The highest BCUT2D eigenvalue weighted by Gasteiger charge is 2.07. The van der Waals surface area contributed by atoms with Crippen molar-refractivity contribution in [2.45, 2.75) is 6.92 Å². The Morgan fingerprint density at radius 2 is 2.00 bits per heavy atom. The minimum atomic E-state index is -0.406. The standard InChI is InChI=1S/C13H10FNO2/c1-9-6-13(17)10(8-16)7-15(9)12-5-3-2-4-11(12)14/h2-8H,1H3. The Morgan fingerprint density at radius 1 is 1.29 bits per heavy atom. The molecule has 0 unspecified atom stereocenters. The highest BCUT2D eigenvalue weighted by molar-refractivity contribution is 5.74. The number of para-hydroxylation sites is 1. The van der Waals surface area contributed by atoms with Crippen LogP contribution < -0.4 is 5.43 Å². The van der Waals surface area contributed by atoms with E-state index in [2.05, 4.69) is 0 Å². The maximum atomic E-state index is 13.6. The Morgan fingerprint density at radius 3 is 2.65 bits per heavy atom. The maximum Gasteiger partial charge on any atom is 0.192 e. The minimum absolute atomic E-state index is 0.0128. The fourth-order valence-corrected chi connectivity index (χ4v) is 1.64. The van der Waals surface area contributed by atoms with Gasteiger partial charge in [-0.25, -0.2) is 4.39 Å². The number of aromatic nitrogens is 1. The second-order valence-corrected chi connectivity index (χ2v) is 3.67. The molecule has 0 aliphatic rings. The van der Waals surface area contributed by atoms with E-state index in [4.69, 9.17) is 0 Å². The Kier molecular flexibility index (Phi) is 2.87. The lowest BCUT2D eigenvalue weighted by atomic mass is 10.2. The molecule has 86 valence electrons. The summed E-state index contributed by atoms with van der Waals surface area (Å²) in [5.74, 6) is -0.406. The summed E-state index contributed by atoms with van der Waals surface area (Å²) in [6.45, 7) is 1.68. The molecule has 1 aromatic carbocycles. The third-order valence-corrected chi connectivity index (χ3v) is 2.51. The Balaban J connectivity index is 2.72. The molecule has 0 saturated carbocycles. The van der Waals surface area contributed by atoms with Gasteiger partial charge in [-0.1, -0.05) is 12.1 Å². The molecular weight excluding hydrogens is 221 g/mol. The van der Waals surface area contributed by atoms with E-state index in [-0.39, 0.29) is 11.0 Å². The number of halogens is 1. The highest BCUT2D eigenvalue weighted by Crippen LogP contribution is 2.14. The van der Waals surface area contributed by atoms with Crippen molar-refractivity contribution in [3.63, 3.8) is 0 Å². The number of carbonyl (C=O) groups is 1. The number of hydrogen-bond acceptors (Lipinski definition) is 2. The fourth-order valence-electron chi connectivity index (χ4n) is 1.64. The first-order valence-corrected chi connectivity index (χ1v) is 5.07. The number of nitrogens with zero attached hydrogens (tertiary/aromatic N) is 1. The summed E-state index contributed by atoms with van der Waals surface area (Å²) in [4.78, 5) is 22.1. The molecule has 17 heavy (non-hydrogen) atoms. The molecule has 0 aliphatic heterocycles. The van der Waals surface area contributed by atoms with Crippen molar-refractivity contribution in [1.29, 1.82) is 0 Å². The van der Waals surface area contributed by atoms with Gasteiger partial charge in [0.25, 0.3) is 0 Å². The SMILES string of the molecule is Cc1cc(=O)c(C=O)cn1-c1ccccc1F. The van der Waals surface area contributed by atoms with Crippen LogP contribution in [-0.2, 0) is 0 Å². The summed E-state index contributed by atoms with van der Waals surface area (Å²) in [5, 5.41) is 0. The normalized spacial score (nSPS) is 10.2. The third-order valence-electron chi connectivity index (χ3n) is 2.51. The fraction of sp³-hybridized carbons (Fsp3) is 0.0769. The van der Waals surface area contributed by atoms with E-state index in [0.29, 0.717) is 17.7 Å². The van der Waals surface area contributed by atoms with Gasteiger partial charge in [0, 0.05) is 18.0 Å². The summed E-state index contributed by atoms with van der Waals surface area (Å²) < 4.78 is 15.1. The van der Waals surface area contributed by atoms with E-state index in [1.807, 2.05) is 0 Å². The van der Waals surface area contributed by atoms with Crippen molar-refractivity contribution in [2.75, 3.05) is 0 Å². The molecule has 2 rings (SSSR count). The van der Waals surface area contributed by atoms with Crippen LogP contribution >= 0.6 is 0 Å². The van der Waals surface area contributed by atoms with Crippen LogP contribution in [0.1, 0.15) is 16.1 Å². The molecule has 0 spiro atoms. The molecule has 1 heterocycles. The summed E-state index contributed by atoms with van der Waals surface area (Å²) in [5.41, 5.74) is 0.544. The number of aryl methyl sites for hydroxylation is 1. The number of benzene rings is 1. The monoisotopic (exact) mass is 231 g/mol. The molecule has 3 nitrogen and oxygen atoms in total. The largest absolute Gasteiger partial charge is 0.318 e. The topological polar surface area (TPSA) is 39.1 Å². The van der Waals surface area contributed by atoms with Gasteiger partial charge in [0.2, 0.25) is 0 Å². The quantitative estimate of drug-likeness (QED) is 0.742. The van der Waals surface area contributed by atoms with Gasteiger partial charge in [0.15, 0.2) is 11.7 Å². The van der Waals surface area contributed by atoms with Gasteiger partial charge in [-0.2, -0.15) is 0 Å². The average molecular weight is 231 g/mol. The molecule has 0 atom stereocenters. The van der Waals surface area contributed by atoms with Crippen LogP contribution in [-0.4, -0.2) is 10.9 Å². The predicted molar refractivity (Wildman–Crippen MR) is 62.1 cm³/mol. The lowest BCUT2D eigenvalue weighted by Crippen LogP contribution is -2.14. The first-order valence-electron chi connectivity index (χ1n) is 5.07. The summed E-state index contributed by atoms with van der Waals surface area (Å²) in [6, 6.07) is 7.50. The van der Waals surface area contributed by atoms with Crippen LogP contribution in [0.5, 0.6) is 0 Å². The van der Waals surface area contributed by atoms with Gasteiger partial charge in [-0.3, -0.25) is 9.59 Å². The van der Waals surface area contributed by atoms with Crippen molar-refractivity contribution in [2.24, 2.45) is 0 Å². The van der Waals surface area contributed by atoms with Gasteiger partial charge in [0.05, 0.1) is 11.3 Å². The Bertz CT molecular complexity index is 632. The van der Waals surface area contributed by atoms with Gasteiger partial charge in [-0.15, -0.1) is 0 Å². The van der Waals surface area contributed by atoms with E-state index in [0.717, 1.165) is 0 Å². The zero-order valence-corrected chi connectivity index (χ0v) is 9.18. The van der Waals surface area contributed by atoms with E-state index < -0.39 is 5.82 Å². The molecule has 0 aliphatic carbocycles. The lowest BCUT2D eigenvalue weighted by molar-refractivity contribution is 0.112. The van der Waals surface area contributed by atoms with Gasteiger partial charge >= 0.3 is 0 Å². The Labute approximate surface area is 97.1 Å². The van der Waals surface area contributed by atoms with Crippen molar-refractivity contribution in [3.8, 4) is 5.69 Å². The third kappa shape index (κ3) is 2.01. The van der Waals surface area contributed by atoms with Crippen LogP contribution in [0.2, 0.25) is 0 Å². The number of pyridine rings is 1. The molecular formula is C13H10FNO2. The van der Waals surface area contributed by atoms with Crippen molar-refractivity contribution in [3.05, 3.63) is 63.8 Å². The van der Waals surface area contributed by atoms with E-state index in [9.17, 15) is 14.0 Å².